The van der Waals surface area contributed by atoms with Crippen LogP contribution in [0.4, 0.5) is 0 Å². The van der Waals surface area contributed by atoms with E-state index in [0.717, 1.165) is 30.6 Å². The van der Waals surface area contributed by atoms with Crippen molar-refractivity contribution in [3.05, 3.63) is 82.6 Å². The monoisotopic (exact) mass is 453 g/mol. The second kappa shape index (κ2) is 10.1. The fourth-order valence-electron chi connectivity index (χ4n) is 4.25. The molecule has 0 radical (unpaired) electrons. The maximum absolute atomic E-state index is 12.8. The Balaban J connectivity index is 1.39. The van der Waals surface area contributed by atoms with E-state index in [-0.39, 0.29) is 11.9 Å². The van der Waals surface area contributed by atoms with Crippen molar-refractivity contribution < 1.29 is 14.3 Å². The minimum absolute atomic E-state index is 0.0180. The van der Waals surface area contributed by atoms with E-state index >= 15 is 0 Å². The van der Waals surface area contributed by atoms with Crippen molar-refractivity contribution in [1.29, 1.82) is 0 Å². The number of ether oxygens (including phenoxy) is 2. The number of nitrogens with zero attached hydrogens (tertiary/aromatic N) is 2. The first-order chi connectivity index (χ1) is 15.6. The Morgan fingerprint density at radius 1 is 1.06 bits per heavy atom. The summed E-state index contributed by atoms with van der Waals surface area (Å²) < 4.78 is 12.9. The largest absolute Gasteiger partial charge is 0.493 e. The molecule has 1 aliphatic heterocycles. The molecule has 32 heavy (non-hydrogen) atoms. The molecule has 0 saturated carbocycles. The Labute approximate surface area is 193 Å². The van der Waals surface area contributed by atoms with Gasteiger partial charge in [0.1, 0.15) is 0 Å². The van der Waals surface area contributed by atoms with Gasteiger partial charge in [0.2, 0.25) is 5.91 Å². The number of amides is 1. The van der Waals surface area contributed by atoms with Gasteiger partial charge in [-0.05, 0) is 53.9 Å². The number of methoxy groups -OCH3 is 2. The smallest absolute Gasteiger partial charge is 0.234 e. The number of halogens is 1. The maximum atomic E-state index is 12.8. The second-order valence-corrected chi connectivity index (χ2v) is 8.28. The van der Waals surface area contributed by atoms with Gasteiger partial charge in [-0.15, -0.1) is 0 Å². The minimum atomic E-state index is 0.0180. The summed E-state index contributed by atoms with van der Waals surface area (Å²) in [6, 6.07) is 17.9. The van der Waals surface area contributed by atoms with Crippen LogP contribution in [0.3, 0.4) is 0 Å². The van der Waals surface area contributed by atoms with Crippen LogP contribution in [-0.2, 0) is 17.8 Å². The zero-order valence-electron chi connectivity index (χ0n) is 18.4. The number of aromatic nitrogens is 1. The van der Waals surface area contributed by atoms with Gasteiger partial charge in [0.15, 0.2) is 11.5 Å². The summed E-state index contributed by atoms with van der Waals surface area (Å²) in [6.07, 6.45) is 2.81. The highest BCUT2D eigenvalue weighted by atomic mass is 35.5. The highest BCUT2D eigenvalue weighted by Gasteiger charge is 2.29. The van der Waals surface area contributed by atoms with Crippen molar-refractivity contribution in [2.45, 2.75) is 19.0 Å². The number of carbonyl (C=O) groups is 1. The van der Waals surface area contributed by atoms with E-state index in [4.69, 9.17) is 21.1 Å². The molecular formula is C25H28ClN3O3. The average Bonchev–Trinajstić information content (AvgIpc) is 3.28. The van der Waals surface area contributed by atoms with E-state index in [2.05, 4.69) is 33.1 Å². The number of hydrogen-bond donors (Lipinski definition) is 1. The van der Waals surface area contributed by atoms with Gasteiger partial charge in [0.25, 0.3) is 0 Å². The summed E-state index contributed by atoms with van der Waals surface area (Å²) in [6.45, 7) is 2.57. The third-order valence-corrected chi connectivity index (χ3v) is 6.11. The summed E-state index contributed by atoms with van der Waals surface area (Å²) in [7, 11) is 3.24. The van der Waals surface area contributed by atoms with Gasteiger partial charge in [-0.25, -0.2) is 0 Å². The van der Waals surface area contributed by atoms with Gasteiger partial charge in [0.05, 0.1) is 26.8 Å². The first-order valence-electron chi connectivity index (χ1n) is 10.7. The van der Waals surface area contributed by atoms with Crippen molar-refractivity contribution in [2.75, 3.05) is 33.9 Å². The van der Waals surface area contributed by atoms with Crippen molar-refractivity contribution in [3.63, 3.8) is 0 Å². The molecule has 1 atom stereocenters. The highest BCUT2D eigenvalue weighted by molar-refractivity contribution is 6.30. The zero-order valence-corrected chi connectivity index (χ0v) is 19.1. The molecule has 2 heterocycles. The van der Waals surface area contributed by atoms with Crippen LogP contribution in [0, 0.1) is 0 Å². The molecular weight excluding hydrogens is 426 g/mol. The highest BCUT2D eigenvalue weighted by Crippen LogP contribution is 2.32. The van der Waals surface area contributed by atoms with Gasteiger partial charge in [-0.3, -0.25) is 9.69 Å². The summed E-state index contributed by atoms with van der Waals surface area (Å²) in [5.41, 5.74) is 3.40. The molecule has 6 nitrogen and oxygen atoms in total. The number of hydrogen-bond acceptors (Lipinski definition) is 4. The zero-order chi connectivity index (χ0) is 22.5. The molecule has 3 aromatic rings. The van der Waals surface area contributed by atoms with Crippen LogP contribution in [0.15, 0.2) is 60.8 Å². The van der Waals surface area contributed by atoms with Crippen LogP contribution >= 0.6 is 11.6 Å². The van der Waals surface area contributed by atoms with Crippen LogP contribution in [0.25, 0.3) is 0 Å². The minimum Gasteiger partial charge on any atom is -0.493 e. The van der Waals surface area contributed by atoms with Crippen LogP contribution in [0.1, 0.15) is 22.9 Å². The average molecular weight is 454 g/mol. The van der Waals surface area contributed by atoms with Crippen LogP contribution < -0.4 is 14.8 Å². The molecule has 0 saturated heterocycles. The topological polar surface area (TPSA) is 55.7 Å². The van der Waals surface area contributed by atoms with Gasteiger partial charge < -0.3 is 19.4 Å². The van der Waals surface area contributed by atoms with E-state index < -0.39 is 0 Å². The normalized spacial score (nSPS) is 15.8. The number of benzene rings is 2. The summed E-state index contributed by atoms with van der Waals surface area (Å²) in [4.78, 5) is 15.0. The van der Waals surface area contributed by atoms with Gasteiger partial charge >= 0.3 is 0 Å². The Hall–Kier alpha value is -2.96. The molecule has 4 rings (SSSR count). The standard InChI is InChI=1S/C25H28ClN3O3/c1-31-22-10-5-18(16-23(22)32-2)11-12-27-24(30)17-29-15-14-28-13-3-4-21(28)25(29)19-6-8-20(26)9-7-19/h3-10,13,16,25H,11-12,14-15,17H2,1-2H3,(H,27,30). The SMILES string of the molecule is COc1ccc(CCNC(=O)CN2CCn3cccc3C2c2ccc(Cl)cc2)cc1OC. The predicted octanol–water partition coefficient (Wildman–Crippen LogP) is 3.92. The molecule has 7 heteroatoms. The summed E-state index contributed by atoms with van der Waals surface area (Å²) in [5, 5.41) is 3.77. The van der Waals surface area contributed by atoms with E-state index in [1.807, 2.05) is 42.5 Å². The first kappa shape index (κ1) is 22.2. The molecule has 1 aromatic heterocycles. The molecule has 0 fully saturated rings. The molecule has 1 N–H and O–H groups in total. The Morgan fingerprint density at radius 2 is 1.84 bits per heavy atom. The molecule has 1 amide bonds. The number of nitrogens with one attached hydrogen (secondary N) is 1. The van der Waals surface area contributed by atoms with Crippen LogP contribution in [0.2, 0.25) is 5.02 Å². The summed E-state index contributed by atoms with van der Waals surface area (Å²) >= 11 is 6.10. The molecule has 1 unspecified atom stereocenters. The number of carbonyl (C=O) groups excluding carboxylic acids is 1. The maximum Gasteiger partial charge on any atom is 0.234 e. The predicted molar refractivity (Wildman–Crippen MR) is 126 cm³/mol. The number of rotatable bonds is 8. The van der Waals surface area contributed by atoms with Gasteiger partial charge in [0, 0.05) is 36.5 Å². The second-order valence-electron chi connectivity index (χ2n) is 7.84. The van der Waals surface area contributed by atoms with Gasteiger partial charge in [-0.2, -0.15) is 0 Å². The lowest BCUT2D eigenvalue weighted by Gasteiger charge is -2.37. The molecule has 0 spiro atoms. The fourth-order valence-corrected chi connectivity index (χ4v) is 4.38. The van der Waals surface area contributed by atoms with Crippen molar-refractivity contribution >= 4 is 17.5 Å². The summed E-state index contributed by atoms with van der Waals surface area (Å²) in [5.74, 6) is 1.41. The van der Waals surface area contributed by atoms with Crippen molar-refractivity contribution in [1.82, 2.24) is 14.8 Å². The first-order valence-corrected chi connectivity index (χ1v) is 11.1. The Kier molecular flexibility index (Phi) is 7.02. The lowest BCUT2D eigenvalue weighted by Crippen LogP contribution is -2.44. The van der Waals surface area contributed by atoms with Crippen molar-refractivity contribution in [2.24, 2.45) is 0 Å². The quantitative estimate of drug-likeness (QED) is 0.561. The van der Waals surface area contributed by atoms with Crippen LogP contribution in [-0.4, -0.2) is 49.2 Å². The molecule has 0 bridgehead atoms. The Bertz CT molecular complexity index is 1060. The van der Waals surface area contributed by atoms with E-state index in [9.17, 15) is 4.79 Å². The molecule has 0 aliphatic carbocycles. The van der Waals surface area contributed by atoms with Gasteiger partial charge in [-0.1, -0.05) is 29.8 Å². The Morgan fingerprint density at radius 3 is 2.59 bits per heavy atom. The third-order valence-electron chi connectivity index (χ3n) is 5.85. The molecule has 2 aromatic carbocycles. The number of fused-ring (bicyclic) bond motifs is 1. The molecule has 1 aliphatic rings. The van der Waals surface area contributed by atoms with E-state index in [1.54, 1.807) is 14.2 Å². The van der Waals surface area contributed by atoms with E-state index in [0.29, 0.717) is 29.6 Å². The van der Waals surface area contributed by atoms with E-state index in [1.165, 1.54) is 5.69 Å². The van der Waals surface area contributed by atoms with Crippen LogP contribution in [0.5, 0.6) is 11.5 Å². The molecule has 168 valence electrons. The fraction of sp³-hybridized carbons (Fsp3) is 0.320. The lowest BCUT2D eigenvalue weighted by molar-refractivity contribution is -0.122. The lowest BCUT2D eigenvalue weighted by atomic mass is 10.00. The third kappa shape index (κ3) is 4.92. The van der Waals surface area contributed by atoms with Crippen molar-refractivity contribution in [3.8, 4) is 11.5 Å².